The second-order valence-corrected chi connectivity index (χ2v) is 13.8. The van der Waals surface area contributed by atoms with Crippen molar-refractivity contribution in [3.05, 3.63) is 66.2 Å². The number of pyridine rings is 1. The number of carbonyl (C=O) groups is 2. The summed E-state index contributed by atoms with van der Waals surface area (Å²) in [6.07, 6.45) is 6.04. The summed E-state index contributed by atoms with van der Waals surface area (Å²) in [6, 6.07) is 10.3. The fraction of sp³-hybridized carbons (Fsp3) is 0.486. The van der Waals surface area contributed by atoms with Crippen LogP contribution in [0.25, 0.3) is 11.3 Å². The van der Waals surface area contributed by atoms with Gasteiger partial charge in [0.05, 0.1) is 23.0 Å². The van der Waals surface area contributed by atoms with Gasteiger partial charge >= 0.3 is 6.09 Å². The van der Waals surface area contributed by atoms with Gasteiger partial charge in [0.1, 0.15) is 22.9 Å². The van der Waals surface area contributed by atoms with E-state index in [0.717, 1.165) is 52.8 Å². The van der Waals surface area contributed by atoms with Crippen LogP contribution >= 0.6 is 11.8 Å². The van der Waals surface area contributed by atoms with E-state index in [-0.39, 0.29) is 23.7 Å². The number of hydrogen-bond acceptors (Lipinski definition) is 7. The highest BCUT2D eigenvalue weighted by atomic mass is 32.2. The minimum Gasteiger partial charge on any atom is -0.444 e. The lowest BCUT2D eigenvalue weighted by Gasteiger charge is -2.39. The minimum absolute atomic E-state index is 0.116. The lowest BCUT2D eigenvalue weighted by Crippen LogP contribution is -2.53. The van der Waals surface area contributed by atoms with Crippen LogP contribution in [0.5, 0.6) is 0 Å². The first kappa shape index (κ1) is 34.3. The second-order valence-electron chi connectivity index (χ2n) is 13.0. The van der Waals surface area contributed by atoms with E-state index in [2.05, 4.69) is 35.1 Å². The Morgan fingerprint density at radius 1 is 1.09 bits per heavy atom. The second kappa shape index (κ2) is 14.4. The van der Waals surface area contributed by atoms with Gasteiger partial charge in [-0.1, -0.05) is 25.3 Å². The standard InChI is InChI=1S/C35H46FN7O3S/c1-8-29-31(39(6)33(47-7)37-24(2)25-11-13-27(36)14-12-25)43-23-28(15-16-30(43)38-29)40-18-20-41(21-19-40)32(44)26-10-9-17-42(22-26)34(45)46-35(3,4)5/h11-16,23,26H,2,8-10,17-22H2,1,3-7H3/b37-33-. The molecule has 0 N–H and O–H groups in total. The van der Waals surface area contributed by atoms with Crippen LogP contribution in [0.3, 0.4) is 0 Å². The average molecular weight is 664 g/mol. The lowest BCUT2D eigenvalue weighted by molar-refractivity contribution is -0.137. The summed E-state index contributed by atoms with van der Waals surface area (Å²) >= 11 is 1.50. The quantitative estimate of drug-likeness (QED) is 0.231. The van der Waals surface area contributed by atoms with E-state index in [9.17, 15) is 14.0 Å². The third kappa shape index (κ3) is 7.91. The molecule has 1 unspecified atom stereocenters. The van der Waals surface area contributed by atoms with E-state index in [4.69, 9.17) is 14.7 Å². The van der Waals surface area contributed by atoms with Crippen LogP contribution in [0.1, 0.15) is 51.8 Å². The Hall–Kier alpha value is -4.06. The number of amidine groups is 1. The Morgan fingerprint density at radius 3 is 2.43 bits per heavy atom. The maximum absolute atomic E-state index is 13.5. The molecule has 5 rings (SSSR count). The van der Waals surface area contributed by atoms with Crippen LogP contribution in [0, 0.1) is 11.7 Å². The Balaban J connectivity index is 1.29. The Kier molecular flexibility index (Phi) is 10.5. The van der Waals surface area contributed by atoms with Crippen molar-refractivity contribution in [2.75, 3.05) is 62.4 Å². The Morgan fingerprint density at radius 2 is 1.79 bits per heavy atom. The lowest BCUT2D eigenvalue weighted by atomic mass is 9.96. The van der Waals surface area contributed by atoms with Gasteiger partial charge in [0, 0.05) is 52.5 Å². The largest absolute Gasteiger partial charge is 0.444 e. The van der Waals surface area contributed by atoms with Gasteiger partial charge in [0.25, 0.3) is 0 Å². The number of imidazole rings is 1. The number of aliphatic imine (C=N–C) groups is 1. The summed E-state index contributed by atoms with van der Waals surface area (Å²) in [5.41, 5.74) is 3.57. The fourth-order valence-corrected chi connectivity index (χ4v) is 6.70. The van der Waals surface area contributed by atoms with E-state index >= 15 is 0 Å². The number of ether oxygens (including phenoxy) is 1. The Bertz CT molecular complexity index is 1640. The molecule has 10 nitrogen and oxygen atoms in total. The van der Waals surface area contributed by atoms with Crippen LogP contribution in [0.2, 0.25) is 0 Å². The van der Waals surface area contributed by atoms with Gasteiger partial charge < -0.3 is 24.3 Å². The maximum atomic E-state index is 13.5. The van der Waals surface area contributed by atoms with Gasteiger partial charge in [0.15, 0.2) is 5.17 Å². The summed E-state index contributed by atoms with van der Waals surface area (Å²) in [7, 11) is 1.97. The number of amides is 2. The predicted molar refractivity (Wildman–Crippen MR) is 189 cm³/mol. The molecule has 252 valence electrons. The SMILES string of the molecule is C=C(/N=C(\SC)N(C)c1c(CC)nc2ccc(N3CCN(C(=O)C4CCCN(C(=O)OC(C)(C)C)C4)CC3)cn12)c1ccc(F)cc1. The fourth-order valence-electron chi connectivity index (χ4n) is 6.13. The number of carbonyl (C=O) groups excluding carboxylic acids is 2. The van der Waals surface area contributed by atoms with Crippen molar-refractivity contribution in [1.29, 1.82) is 0 Å². The van der Waals surface area contributed by atoms with Crippen molar-refractivity contribution in [1.82, 2.24) is 19.2 Å². The number of nitrogens with zero attached hydrogens (tertiary/aromatic N) is 7. The molecule has 2 aliphatic heterocycles. The molecule has 0 spiro atoms. The average Bonchev–Trinajstić information content (AvgIpc) is 3.44. The first-order chi connectivity index (χ1) is 22.4. The molecule has 1 aromatic carbocycles. The highest BCUT2D eigenvalue weighted by molar-refractivity contribution is 8.13. The molecule has 2 aliphatic rings. The number of aryl methyl sites for hydroxylation is 1. The molecule has 47 heavy (non-hydrogen) atoms. The number of aromatic nitrogens is 2. The topological polar surface area (TPSA) is 86.0 Å². The van der Waals surface area contributed by atoms with Crippen molar-refractivity contribution in [3.8, 4) is 0 Å². The third-order valence-corrected chi connectivity index (χ3v) is 9.29. The Labute approximate surface area is 281 Å². The van der Waals surface area contributed by atoms with Gasteiger partial charge in [-0.05, 0) is 88.3 Å². The molecule has 0 aliphatic carbocycles. The molecule has 2 fully saturated rings. The first-order valence-corrected chi connectivity index (χ1v) is 17.4. The molecular formula is C35H46FN7O3S. The highest BCUT2D eigenvalue weighted by Crippen LogP contribution is 2.29. The number of benzene rings is 1. The summed E-state index contributed by atoms with van der Waals surface area (Å²) in [5, 5.41) is 0.737. The van der Waals surface area contributed by atoms with Gasteiger partial charge in [-0.2, -0.15) is 0 Å². The molecule has 3 aromatic rings. The molecule has 4 heterocycles. The van der Waals surface area contributed by atoms with Crippen molar-refractivity contribution in [2.45, 2.75) is 52.6 Å². The third-order valence-electron chi connectivity index (χ3n) is 8.56. The van der Waals surface area contributed by atoms with Gasteiger partial charge in [-0.25, -0.2) is 19.2 Å². The summed E-state index contributed by atoms with van der Waals surface area (Å²) in [5.74, 6) is 0.531. The van der Waals surface area contributed by atoms with Gasteiger partial charge in [-0.3, -0.25) is 9.20 Å². The number of likely N-dealkylation sites (tertiary alicyclic amines) is 1. The zero-order valence-electron chi connectivity index (χ0n) is 28.3. The molecule has 0 saturated carbocycles. The van der Waals surface area contributed by atoms with E-state index in [1.807, 2.05) is 49.9 Å². The van der Waals surface area contributed by atoms with Crippen LogP contribution in [0.15, 0.2) is 54.2 Å². The molecule has 2 aromatic heterocycles. The van der Waals surface area contributed by atoms with E-state index < -0.39 is 5.60 Å². The van der Waals surface area contributed by atoms with Gasteiger partial charge in [0.2, 0.25) is 5.91 Å². The van der Waals surface area contributed by atoms with Crippen LogP contribution in [0.4, 0.5) is 20.7 Å². The molecule has 1 atom stereocenters. The van der Waals surface area contributed by atoms with Gasteiger partial charge in [-0.15, -0.1) is 0 Å². The number of piperidine rings is 1. The van der Waals surface area contributed by atoms with E-state index in [1.54, 1.807) is 17.0 Å². The number of thioether (sulfide) groups is 1. The van der Waals surface area contributed by atoms with Crippen LogP contribution < -0.4 is 9.80 Å². The van der Waals surface area contributed by atoms with E-state index in [0.29, 0.717) is 45.0 Å². The molecule has 2 saturated heterocycles. The minimum atomic E-state index is -0.566. The number of halogens is 1. The molecule has 0 radical (unpaired) electrons. The first-order valence-electron chi connectivity index (χ1n) is 16.2. The smallest absolute Gasteiger partial charge is 0.410 e. The van der Waals surface area contributed by atoms with Crippen LogP contribution in [-0.2, 0) is 16.0 Å². The summed E-state index contributed by atoms with van der Waals surface area (Å²) < 4.78 is 21.1. The molecule has 2 amide bonds. The number of anilines is 2. The number of rotatable bonds is 6. The maximum Gasteiger partial charge on any atom is 0.410 e. The predicted octanol–water partition coefficient (Wildman–Crippen LogP) is 6.16. The number of fused-ring (bicyclic) bond motifs is 1. The molecule has 0 bridgehead atoms. The van der Waals surface area contributed by atoms with Crippen LogP contribution in [-0.4, -0.2) is 94.5 Å². The number of piperazine rings is 1. The molecule has 12 heteroatoms. The normalized spacial score (nSPS) is 17.6. The zero-order valence-corrected chi connectivity index (χ0v) is 29.1. The summed E-state index contributed by atoms with van der Waals surface area (Å²) in [6.45, 7) is 15.4. The summed E-state index contributed by atoms with van der Waals surface area (Å²) in [4.78, 5) is 43.9. The van der Waals surface area contributed by atoms with Crippen molar-refractivity contribution >= 4 is 51.8 Å². The van der Waals surface area contributed by atoms with E-state index in [1.165, 1.54) is 23.9 Å². The van der Waals surface area contributed by atoms with Crippen molar-refractivity contribution < 1.29 is 18.7 Å². The highest BCUT2D eigenvalue weighted by Gasteiger charge is 2.34. The number of hydrogen-bond donors (Lipinski definition) is 0. The van der Waals surface area contributed by atoms with Crippen molar-refractivity contribution in [3.63, 3.8) is 0 Å². The zero-order chi connectivity index (χ0) is 33.9. The monoisotopic (exact) mass is 663 g/mol. The molecular weight excluding hydrogens is 617 g/mol. The van der Waals surface area contributed by atoms with Crippen molar-refractivity contribution in [2.24, 2.45) is 10.9 Å².